The van der Waals surface area contributed by atoms with Crippen molar-refractivity contribution in [2.45, 2.75) is 12.8 Å². The Balaban J connectivity index is 2.24. The maximum absolute atomic E-state index is 11.9. The smallest absolute Gasteiger partial charge is 0.294 e. The third-order valence-corrected chi connectivity index (χ3v) is 3.37. The Kier molecular flexibility index (Phi) is 3.23. The Morgan fingerprint density at radius 3 is 2.72 bits per heavy atom. The number of nitro groups is 1. The molecule has 7 heteroatoms. The summed E-state index contributed by atoms with van der Waals surface area (Å²) >= 11 is 5.69. The molecule has 1 aliphatic carbocycles. The molecule has 0 unspecified atom stereocenters. The van der Waals surface area contributed by atoms with Crippen molar-refractivity contribution in [3.63, 3.8) is 0 Å². The second kappa shape index (κ2) is 4.55. The monoisotopic (exact) mass is 269 g/mol. The maximum Gasteiger partial charge on any atom is 0.294 e. The molecule has 0 heterocycles. The van der Waals surface area contributed by atoms with E-state index in [1.165, 1.54) is 18.2 Å². The van der Waals surface area contributed by atoms with Crippen LogP contribution < -0.4 is 11.1 Å². The average Bonchev–Trinajstić information content (AvgIpc) is 3.12. The highest BCUT2D eigenvalue weighted by molar-refractivity contribution is 6.31. The molecule has 1 fully saturated rings. The lowest BCUT2D eigenvalue weighted by atomic mass is 10.1. The van der Waals surface area contributed by atoms with Gasteiger partial charge in [0.2, 0.25) is 5.91 Å². The number of anilines is 1. The lowest BCUT2D eigenvalue weighted by Gasteiger charge is -2.12. The summed E-state index contributed by atoms with van der Waals surface area (Å²) in [5.41, 5.74) is 4.91. The van der Waals surface area contributed by atoms with E-state index in [-0.39, 0.29) is 28.8 Å². The number of amides is 1. The Morgan fingerprint density at radius 1 is 1.56 bits per heavy atom. The van der Waals surface area contributed by atoms with E-state index in [4.69, 9.17) is 17.3 Å². The number of hydrogen-bond acceptors (Lipinski definition) is 4. The number of benzene rings is 1. The quantitative estimate of drug-likeness (QED) is 0.644. The zero-order valence-corrected chi connectivity index (χ0v) is 10.2. The predicted octanol–water partition coefficient (Wildman–Crippen LogP) is 1.93. The second-order valence-electron chi connectivity index (χ2n) is 4.36. The van der Waals surface area contributed by atoms with Gasteiger partial charge in [-0.25, -0.2) is 0 Å². The van der Waals surface area contributed by atoms with E-state index in [9.17, 15) is 14.9 Å². The molecule has 0 atom stereocenters. The third-order valence-electron chi connectivity index (χ3n) is 3.13. The van der Waals surface area contributed by atoms with Crippen LogP contribution in [0.2, 0.25) is 5.02 Å². The van der Waals surface area contributed by atoms with Gasteiger partial charge >= 0.3 is 0 Å². The molecular formula is C11H12ClN3O3. The van der Waals surface area contributed by atoms with E-state index < -0.39 is 10.3 Å². The van der Waals surface area contributed by atoms with Crippen LogP contribution in [-0.2, 0) is 4.79 Å². The van der Waals surface area contributed by atoms with Crippen molar-refractivity contribution in [1.29, 1.82) is 0 Å². The standard InChI is InChI=1S/C11H12ClN3O3/c12-7-1-2-8(9(5-7)15(17)18)14-10(16)11(6-13)3-4-11/h1-2,5H,3-4,6,13H2,(H,14,16). The number of nitrogens with one attached hydrogen (secondary N) is 1. The summed E-state index contributed by atoms with van der Waals surface area (Å²) < 4.78 is 0. The molecule has 0 aliphatic heterocycles. The molecule has 1 aromatic rings. The Hall–Kier alpha value is -1.66. The molecule has 6 nitrogen and oxygen atoms in total. The van der Waals surface area contributed by atoms with Crippen LogP contribution in [0, 0.1) is 15.5 Å². The van der Waals surface area contributed by atoms with Crippen molar-refractivity contribution in [3.8, 4) is 0 Å². The summed E-state index contributed by atoms with van der Waals surface area (Å²) in [7, 11) is 0. The molecule has 1 aliphatic rings. The van der Waals surface area contributed by atoms with E-state index in [2.05, 4.69) is 5.32 Å². The first kappa shape index (κ1) is 12.8. The first-order chi connectivity index (χ1) is 8.48. The molecule has 0 saturated heterocycles. The summed E-state index contributed by atoms with van der Waals surface area (Å²) in [6, 6.07) is 4.12. The van der Waals surface area contributed by atoms with Crippen LogP contribution in [0.25, 0.3) is 0 Å². The van der Waals surface area contributed by atoms with E-state index >= 15 is 0 Å². The minimum Gasteiger partial charge on any atom is -0.329 e. The summed E-state index contributed by atoms with van der Waals surface area (Å²) in [6.45, 7) is 0.250. The van der Waals surface area contributed by atoms with Gasteiger partial charge in [0, 0.05) is 17.6 Å². The number of nitrogens with two attached hydrogens (primary N) is 1. The highest BCUT2D eigenvalue weighted by Gasteiger charge is 2.48. The number of nitrogens with zero attached hydrogens (tertiary/aromatic N) is 1. The fourth-order valence-electron chi connectivity index (χ4n) is 1.69. The highest BCUT2D eigenvalue weighted by atomic mass is 35.5. The molecule has 1 amide bonds. The molecule has 0 aromatic heterocycles. The zero-order chi connectivity index (χ0) is 13.3. The van der Waals surface area contributed by atoms with Crippen LogP contribution in [-0.4, -0.2) is 17.4 Å². The number of nitro benzene ring substituents is 1. The van der Waals surface area contributed by atoms with Gasteiger partial charge in [-0.1, -0.05) is 11.6 Å². The van der Waals surface area contributed by atoms with Crippen LogP contribution >= 0.6 is 11.6 Å². The van der Waals surface area contributed by atoms with Crippen LogP contribution in [0.5, 0.6) is 0 Å². The predicted molar refractivity (Wildman–Crippen MR) is 67.5 cm³/mol. The summed E-state index contributed by atoms with van der Waals surface area (Å²) in [4.78, 5) is 22.2. The molecule has 0 spiro atoms. The van der Waals surface area contributed by atoms with Crippen LogP contribution in [0.1, 0.15) is 12.8 Å². The number of hydrogen-bond donors (Lipinski definition) is 2. The molecule has 3 N–H and O–H groups in total. The van der Waals surface area contributed by atoms with E-state index in [1.807, 2.05) is 0 Å². The van der Waals surface area contributed by atoms with E-state index in [1.54, 1.807) is 0 Å². The Labute approximate surface area is 108 Å². The maximum atomic E-state index is 11.9. The number of halogens is 1. The highest BCUT2D eigenvalue weighted by Crippen LogP contribution is 2.45. The number of carbonyl (C=O) groups is 1. The van der Waals surface area contributed by atoms with Crippen LogP contribution in [0.15, 0.2) is 18.2 Å². The zero-order valence-electron chi connectivity index (χ0n) is 9.48. The summed E-state index contributed by atoms with van der Waals surface area (Å²) in [5, 5.41) is 13.7. The van der Waals surface area contributed by atoms with Gasteiger partial charge in [0.25, 0.3) is 5.69 Å². The van der Waals surface area contributed by atoms with Gasteiger partial charge < -0.3 is 11.1 Å². The van der Waals surface area contributed by atoms with Crippen molar-refractivity contribution >= 4 is 28.9 Å². The van der Waals surface area contributed by atoms with Crippen LogP contribution in [0.4, 0.5) is 11.4 Å². The molecule has 18 heavy (non-hydrogen) atoms. The van der Waals surface area contributed by atoms with Gasteiger partial charge in [0.1, 0.15) is 5.69 Å². The first-order valence-corrected chi connectivity index (χ1v) is 5.82. The minimum absolute atomic E-state index is 0.147. The largest absolute Gasteiger partial charge is 0.329 e. The molecule has 1 saturated carbocycles. The average molecular weight is 270 g/mol. The second-order valence-corrected chi connectivity index (χ2v) is 4.79. The fourth-order valence-corrected chi connectivity index (χ4v) is 1.86. The molecular weight excluding hydrogens is 258 g/mol. The van der Waals surface area contributed by atoms with Gasteiger partial charge in [-0.05, 0) is 25.0 Å². The molecule has 0 radical (unpaired) electrons. The fraction of sp³-hybridized carbons (Fsp3) is 0.364. The Bertz CT molecular complexity index is 514. The minimum atomic E-state index is -0.580. The SMILES string of the molecule is NCC1(C(=O)Nc2ccc(Cl)cc2[N+](=O)[O-])CC1. The van der Waals surface area contributed by atoms with Crippen LogP contribution in [0.3, 0.4) is 0 Å². The van der Waals surface area contributed by atoms with Gasteiger partial charge in [0.05, 0.1) is 10.3 Å². The van der Waals surface area contributed by atoms with E-state index in [0.29, 0.717) is 0 Å². The van der Waals surface area contributed by atoms with Gasteiger partial charge in [0.15, 0.2) is 0 Å². The molecule has 0 bridgehead atoms. The molecule has 96 valence electrons. The molecule has 1 aromatic carbocycles. The van der Waals surface area contributed by atoms with E-state index in [0.717, 1.165) is 12.8 Å². The number of carbonyl (C=O) groups excluding carboxylic acids is 1. The lowest BCUT2D eigenvalue weighted by Crippen LogP contribution is -2.31. The first-order valence-electron chi connectivity index (χ1n) is 5.44. The topological polar surface area (TPSA) is 98.3 Å². The van der Waals surface area contributed by atoms with Gasteiger partial charge in [-0.2, -0.15) is 0 Å². The van der Waals surface area contributed by atoms with Crippen molar-refractivity contribution in [3.05, 3.63) is 33.3 Å². The summed E-state index contributed by atoms with van der Waals surface area (Å²) in [5.74, 6) is -0.268. The lowest BCUT2D eigenvalue weighted by molar-refractivity contribution is -0.383. The molecule has 2 rings (SSSR count). The normalized spacial score (nSPS) is 16.1. The van der Waals surface area contributed by atoms with Crippen molar-refractivity contribution in [2.75, 3.05) is 11.9 Å². The van der Waals surface area contributed by atoms with Gasteiger partial charge in [-0.15, -0.1) is 0 Å². The summed E-state index contributed by atoms with van der Waals surface area (Å²) in [6.07, 6.45) is 1.44. The van der Waals surface area contributed by atoms with Crippen molar-refractivity contribution in [2.24, 2.45) is 11.1 Å². The van der Waals surface area contributed by atoms with Crippen molar-refractivity contribution < 1.29 is 9.72 Å². The number of rotatable bonds is 4. The van der Waals surface area contributed by atoms with Gasteiger partial charge in [-0.3, -0.25) is 14.9 Å². The Morgan fingerprint density at radius 2 is 2.22 bits per heavy atom. The van der Waals surface area contributed by atoms with Crippen molar-refractivity contribution in [1.82, 2.24) is 0 Å². The third kappa shape index (κ3) is 2.30.